The quantitative estimate of drug-likeness (QED) is 0.602. The molecule has 1 aromatic heterocycles. The van der Waals surface area contributed by atoms with E-state index in [1.807, 2.05) is 0 Å². The third-order valence-corrected chi connectivity index (χ3v) is 2.62. The maximum absolute atomic E-state index is 11.8. The number of carbonyl (C=O) groups excluding carboxylic acids is 1. The number of rotatable bonds is 3. The second-order valence-electron chi connectivity index (χ2n) is 5.38. The fourth-order valence-electron chi connectivity index (χ4n) is 1.81. The number of nitrogens with two attached hydrogens (primary N) is 1. The van der Waals surface area contributed by atoms with E-state index in [2.05, 4.69) is 15.3 Å². The van der Waals surface area contributed by atoms with Gasteiger partial charge in [-0.3, -0.25) is 14.4 Å². The van der Waals surface area contributed by atoms with Crippen molar-refractivity contribution in [3.8, 4) is 0 Å². The van der Waals surface area contributed by atoms with Crippen LogP contribution in [-0.2, 0) is 4.79 Å². The number of aromatic nitrogens is 2. The van der Waals surface area contributed by atoms with Crippen LogP contribution in [0, 0.1) is 0 Å². The zero-order valence-corrected chi connectivity index (χ0v) is 11.2. The van der Waals surface area contributed by atoms with Crippen molar-refractivity contribution in [2.75, 3.05) is 5.32 Å². The van der Waals surface area contributed by atoms with Crippen LogP contribution in [0.25, 0.3) is 11.0 Å². The van der Waals surface area contributed by atoms with Crippen molar-refractivity contribution in [1.29, 1.82) is 0 Å². The van der Waals surface area contributed by atoms with E-state index < -0.39 is 16.7 Å². The first-order valence-corrected chi connectivity index (χ1v) is 6.10. The summed E-state index contributed by atoms with van der Waals surface area (Å²) in [7, 11) is 0. The predicted molar refractivity (Wildman–Crippen MR) is 76.7 cm³/mol. The summed E-state index contributed by atoms with van der Waals surface area (Å²) in [5.74, 6) is -0.219. The maximum Gasteiger partial charge on any atom is 0.314 e. The highest BCUT2D eigenvalue weighted by atomic mass is 16.2. The summed E-state index contributed by atoms with van der Waals surface area (Å²) in [6.45, 7) is 3.52. The molecule has 1 heterocycles. The Bertz CT molecular complexity index is 768. The van der Waals surface area contributed by atoms with Gasteiger partial charge < -0.3 is 21.0 Å². The highest BCUT2D eigenvalue weighted by molar-refractivity contribution is 5.93. The van der Waals surface area contributed by atoms with Gasteiger partial charge in [-0.2, -0.15) is 0 Å². The second-order valence-corrected chi connectivity index (χ2v) is 5.38. The maximum atomic E-state index is 11.8. The number of nitrogens with one attached hydrogen (secondary N) is 3. The van der Waals surface area contributed by atoms with E-state index in [1.54, 1.807) is 32.0 Å². The van der Waals surface area contributed by atoms with Gasteiger partial charge >= 0.3 is 11.1 Å². The summed E-state index contributed by atoms with van der Waals surface area (Å²) in [6.07, 6.45) is 0.174. The number of aromatic amines is 2. The Morgan fingerprint density at radius 2 is 1.80 bits per heavy atom. The van der Waals surface area contributed by atoms with Crippen molar-refractivity contribution in [2.45, 2.75) is 25.8 Å². The lowest BCUT2D eigenvalue weighted by Crippen LogP contribution is -2.36. The Balaban J connectivity index is 2.28. The average molecular weight is 276 g/mol. The normalized spacial score (nSPS) is 11.6. The average Bonchev–Trinajstić information content (AvgIpc) is 2.28. The van der Waals surface area contributed by atoms with Gasteiger partial charge in [0.25, 0.3) is 0 Å². The van der Waals surface area contributed by atoms with Crippen molar-refractivity contribution >= 4 is 22.6 Å². The minimum Gasteiger partial charge on any atom is -0.326 e. The minimum absolute atomic E-state index is 0.174. The third-order valence-electron chi connectivity index (χ3n) is 2.62. The van der Waals surface area contributed by atoms with Crippen LogP contribution in [0.1, 0.15) is 20.3 Å². The number of fused-ring (bicyclic) bond motifs is 1. The Kier molecular flexibility index (Phi) is 3.46. The zero-order valence-electron chi connectivity index (χ0n) is 11.2. The van der Waals surface area contributed by atoms with E-state index in [1.165, 1.54) is 0 Å². The molecule has 0 spiro atoms. The summed E-state index contributed by atoms with van der Waals surface area (Å²) in [4.78, 5) is 39.1. The predicted octanol–water partition coefficient (Wildman–Crippen LogP) is 0.282. The van der Waals surface area contributed by atoms with E-state index in [-0.39, 0.29) is 12.3 Å². The lowest BCUT2D eigenvalue weighted by Gasteiger charge is -2.17. The van der Waals surface area contributed by atoms with Crippen LogP contribution in [0.5, 0.6) is 0 Å². The molecule has 106 valence electrons. The molecule has 0 saturated heterocycles. The molecule has 0 unspecified atom stereocenters. The molecule has 0 radical (unpaired) electrons. The number of H-pyrrole nitrogens is 2. The molecule has 0 aliphatic heterocycles. The molecule has 2 rings (SSSR count). The summed E-state index contributed by atoms with van der Waals surface area (Å²) < 4.78 is 0. The molecule has 7 nitrogen and oxygen atoms in total. The van der Waals surface area contributed by atoms with Gasteiger partial charge in [0.2, 0.25) is 5.91 Å². The Labute approximate surface area is 114 Å². The van der Waals surface area contributed by atoms with Crippen LogP contribution >= 0.6 is 0 Å². The van der Waals surface area contributed by atoms with E-state index in [0.717, 1.165) is 0 Å². The first-order valence-electron chi connectivity index (χ1n) is 6.10. The zero-order chi connectivity index (χ0) is 14.9. The number of hydrogen-bond donors (Lipinski definition) is 4. The highest BCUT2D eigenvalue weighted by Crippen LogP contribution is 2.15. The van der Waals surface area contributed by atoms with Crippen molar-refractivity contribution in [2.24, 2.45) is 5.73 Å². The molecule has 5 N–H and O–H groups in total. The van der Waals surface area contributed by atoms with Gasteiger partial charge in [0, 0.05) is 17.6 Å². The largest absolute Gasteiger partial charge is 0.326 e. The van der Waals surface area contributed by atoms with Crippen LogP contribution < -0.4 is 22.2 Å². The van der Waals surface area contributed by atoms with Crippen LogP contribution in [0.2, 0.25) is 0 Å². The summed E-state index contributed by atoms with van der Waals surface area (Å²) in [5.41, 5.74) is 5.19. The summed E-state index contributed by atoms with van der Waals surface area (Å²) >= 11 is 0. The Morgan fingerprint density at radius 3 is 2.40 bits per heavy atom. The van der Waals surface area contributed by atoms with E-state index in [4.69, 9.17) is 5.73 Å². The molecule has 0 atom stereocenters. The monoisotopic (exact) mass is 276 g/mol. The van der Waals surface area contributed by atoms with E-state index >= 15 is 0 Å². The molecule has 0 aliphatic carbocycles. The van der Waals surface area contributed by atoms with Gasteiger partial charge in [-0.15, -0.1) is 0 Å². The SMILES string of the molecule is CC(C)(N)CC(=O)Nc1ccc2[nH]c(=O)c(=O)[nH]c2c1. The summed E-state index contributed by atoms with van der Waals surface area (Å²) in [5, 5.41) is 2.69. The first-order chi connectivity index (χ1) is 9.24. The third kappa shape index (κ3) is 3.33. The lowest BCUT2D eigenvalue weighted by atomic mass is 10.0. The molecule has 20 heavy (non-hydrogen) atoms. The van der Waals surface area contributed by atoms with E-state index in [0.29, 0.717) is 16.7 Å². The smallest absolute Gasteiger partial charge is 0.314 e. The first kappa shape index (κ1) is 14.0. The number of anilines is 1. The van der Waals surface area contributed by atoms with Crippen molar-refractivity contribution in [1.82, 2.24) is 9.97 Å². The van der Waals surface area contributed by atoms with Gasteiger partial charge in [-0.1, -0.05) is 0 Å². The number of hydrogen-bond acceptors (Lipinski definition) is 4. The molecular weight excluding hydrogens is 260 g/mol. The molecule has 0 aliphatic rings. The molecule has 0 bridgehead atoms. The fourth-order valence-corrected chi connectivity index (χ4v) is 1.81. The lowest BCUT2D eigenvalue weighted by molar-refractivity contribution is -0.117. The van der Waals surface area contributed by atoms with Crippen LogP contribution in [-0.4, -0.2) is 21.4 Å². The minimum atomic E-state index is -0.732. The molecule has 1 aromatic carbocycles. The molecule has 7 heteroatoms. The number of carbonyl (C=O) groups is 1. The van der Waals surface area contributed by atoms with Gasteiger partial charge in [0.15, 0.2) is 0 Å². The molecule has 2 aromatic rings. The van der Waals surface area contributed by atoms with E-state index in [9.17, 15) is 14.4 Å². The molecule has 0 saturated carbocycles. The Hall–Kier alpha value is -2.41. The fraction of sp³-hybridized carbons (Fsp3) is 0.308. The van der Waals surface area contributed by atoms with Crippen LogP contribution in [0.3, 0.4) is 0 Å². The molecule has 1 amide bonds. The molecule has 0 fully saturated rings. The van der Waals surface area contributed by atoms with Crippen molar-refractivity contribution in [3.63, 3.8) is 0 Å². The topological polar surface area (TPSA) is 121 Å². The van der Waals surface area contributed by atoms with Gasteiger partial charge in [-0.25, -0.2) is 0 Å². The van der Waals surface area contributed by atoms with Gasteiger partial charge in [0.05, 0.1) is 11.0 Å². The van der Waals surface area contributed by atoms with Crippen LogP contribution in [0.4, 0.5) is 5.69 Å². The number of amides is 1. The van der Waals surface area contributed by atoms with Gasteiger partial charge in [-0.05, 0) is 32.0 Å². The van der Waals surface area contributed by atoms with Gasteiger partial charge in [0.1, 0.15) is 0 Å². The summed E-state index contributed by atoms with van der Waals surface area (Å²) in [6, 6.07) is 4.82. The Morgan fingerprint density at radius 1 is 1.20 bits per heavy atom. The molecular formula is C13H16N4O3. The number of benzene rings is 1. The standard InChI is InChI=1S/C13H16N4O3/c1-13(2,14)6-10(18)15-7-3-4-8-9(5-7)17-12(20)11(19)16-8/h3-5H,6,14H2,1-2H3,(H,15,18)(H,16,19)(H,17,20). The highest BCUT2D eigenvalue weighted by Gasteiger charge is 2.16. The van der Waals surface area contributed by atoms with Crippen molar-refractivity contribution < 1.29 is 4.79 Å². The van der Waals surface area contributed by atoms with Crippen LogP contribution in [0.15, 0.2) is 27.8 Å². The second kappa shape index (κ2) is 4.93. The van der Waals surface area contributed by atoms with Crippen molar-refractivity contribution in [3.05, 3.63) is 38.9 Å².